The first-order valence-corrected chi connectivity index (χ1v) is 4.98. The number of nitrogen functional groups attached to an aromatic ring is 1. The van der Waals surface area contributed by atoms with E-state index in [0.717, 1.165) is 15.5 Å². The van der Waals surface area contributed by atoms with Gasteiger partial charge in [-0.2, -0.15) is 0 Å². The van der Waals surface area contributed by atoms with E-state index in [2.05, 4.69) is 4.98 Å². The Morgan fingerprint density at radius 2 is 2.23 bits per heavy atom. The standard InChI is InChI=1S/C9H7ClN2S/c10-7-2-4-13-9(7)6-1-3-12-8(11)5-6/h1-5H,(H2,11,12). The highest BCUT2D eigenvalue weighted by Gasteiger charge is 2.04. The van der Waals surface area contributed by atoms with Crippen molar-refractivity contribution in [2.75, 3.05) is 5.73 Å². The predicted octanol–water partition coefficient (Wildman–Crippen LogP) is 3.05. The second kappa shape index (κ2) is 3.36. The second-order valence-electron chi connectivity index (χ2n) is 2.57. The van der Waals surface area contributed by atoms with E-state index in [4.69, 9.17) is 17.3 Å². The summed E-state index contributed by atoms with van der Waals surface area (Å²) in [6, 6.07) is 5.59. The van der Waals surface area contributed by atoms with Crippen LogP contribution < -0.4 is 5.73 Å². The van der Waals surface area contributed by atoms with Crippen LogP contribution in [0.4, 0.5) is 5.82 Å². The van der Waals surface area contributed by atoms with E-state index in [1.54, 1.807) is 17.5 Å². The summed E-state index contributed by atoms with van der Waals surface area (Å²) < 4.78 is 0. The molecule has 0 unspecified atom stereocenters. The highest BCUT2D eigenvalue weighted by Crippen LogP contribution is 2.33. The summed E-state index contributed by atoms with van der Waals surface area (Å²) in [5.74, 6) is 0.516. The second-order valence-corrected chi connectivity index (χ2v) is 3.89. The molecule has 13 heavy (non-hydrogen) atoms. The molecule has 2 rings (SSSR count). The van der Waals surface area contributed by atoms with Gasteiger partial charge in [0, 0.05) is 6.20 Å². The summed E-state index contributed by atoms with van der Waals surface area (Å²) in [4.78, 5) is 4.96. The lowest BCUT2D eigenvalue weighted by Crippen LogP contribution is -1.88. The molecule has 2 aromatic heterocycles. The minimum Gasteiger partial charge on any atom is -0.384 e. The molecule has 0 bridgehead atoms. The number of aromatic nitrogens is 1. The molecule has 4 heteroatoms. The monoisotopic (exact) mass is 210 g/mol. The summed E-state index contributed by atoms with van der Waals surface area (Å²) in [5.41, 5.74) is 6.59. The molecule has 2 aromatic rings. The fourth-order valence-corrected chi connectivity index (χ4v) is 2.25. The Bertz CT molecular complexity index is 425. The fraction of sp³-hybridized carbons (Fsp3) is 0. The number of pyridine rings is 1. The molecule has 0 spiro atoms. The molecule has 0 fully saturated rings. The fourth-order valence-electron chi connectivity index (χ4n) is 1.09. The Morgan fingerprint density at radius 3 is 2.85 bits per heavy atom. The molecule has 0 atom stereocenters. The van der Waals surface area contributed by atoms with Crippen molar-refractivity contribution in [3.8, 4) is 10.4 Å². The molecule has 0 saturated heterocycles. The van der Waals surface area contributed by atoms with E-state index >= 15 is 0 Å². The molecular formula is C9H7ClN2S. The van der Waals surface area contributed by atoms with Gasteiger partial charge < -0.3 is 5.73 Å². The van der Waals surface area contributed by atoms with Crippen LogP contribution in [0.25, 0.3) is 10.4 Å². The number of nitrogens with two attached hydrogens (primary N) is 1. The van der Waals surface area contributed by atoms with E-state index in [9.17, 15) is 0 Å². The van der Waals surface area contributed by atoms with Crippen LogP contribution in [0.3, 0.4) is 0 Å². The van der Waals surface area contributed by atoms with Crippen LogP contribution in [0.15, 0.2) is 29.8 Å². The quantitative estimate of drug-likeness (QED) is 0.786. The third-order valence-electron chi connectivity index (χ3n) is 1.66. The minimum absolute atomic E-state index is 0.516. The van der Waals surface area contributed by atoms with Crippen LogP contribution in [0.5, 0.6) is 0 Å². The first-order valence-electron chi connectivity index (χ1n) is 3.72. The number of halogens is 1. The Kier molecular flexibility index (Phi) is 2.20. The minimum atomic E-state index is 0.516. The Hall–Kier alpha value is -1.06. The molecule has 2 nitrogen and oxygen atoms in total. The summed E-state index contributed by atoms with van der Waals surface area (Å²) in [6.07, 6.45) is 1.68. The molecule has 0 amide bonds. The van der Waals surface area contributed by atoms with Crippen LogP contribution in [-0.2, 0) is 0 Å². The molecule has 0 aromatic carbocycles. The predicted molar refractivity (Wildman–Crippen MR) is 57.0 cm³/mol. The van der Waals surface area contributed by atoms with Gasteiger partial charge in [0.05, 0.1) is 9.90 Å². The molecule has 66 valence electrons. The van der Waals surface area contributed by atoms with Crippen molar-refractivity contribution in [3.63, 3.8) is 0 Å². The van der Waals surface area contributed by atoms with Gasteiger partial charge in [0.25, 0.3) is 0 Å². The number of hydrogen-bond donors (Lipinski definition) is 1. The molecule has 2 heterocycles. The highest BCUT2D eigenvalue weighted by atomic mass is 35.5. The van der Waals surface area contributed by atoms with E-state index in [1.807, 2.05) is 23.6 Å². The van der Waals surface area contributed by atoms with E-state index in [-0.39, 0.29) is 0 Å². The van der Waals surface area contributed by atoms with Gasteiger partial charge >= 0.3 is 0 Å². The largest absolute Gasteiger partial charge is 0.384 e. The van der Waals surface area contributed by atoms with Crippen LogP contribution in [0.1, 0.15) is 0 Å². The van der Waals surface area contributed by atoms with Crippen LogP contribution in [0, 0.1) is 0 Å². The summed E-state index contributed by atoms with van der Waals surface area (Å²) in [7, 11) is 0. The summed E-state index contributed by atoms with van der Waals surface area (Å²) in [6.45, 7) is 0. The van der Waals surface area contributed by atoms with Gasteiger partial charge in [-0.3, -0.25) is 0 Å². The van der Waals surface area contributed by atoms with Crippen molar-refractivity contribution < 1.29 is 0 Å². The van der Waals surface area contributed by atoms with Crippen LogP contribution >= 0.6 is 22.9 Å². The smallest absolute Gasteiger partial charge is 0.123 e. The van der Waals surface area contributed by atoms with Crippen molar-refractivity contribution in [2.24, 2.45) is 0 Å². The molecular weight excluding hydrogens is 204 g/mol. The number of hydrogen-bond acceptors (Lipinski definition) is 3. The zero-order valence-electron chi connectivity index (χ0n) is 6.70. The molecule has 2 N–H and O–H groups in total. The Labute approximate surface area is 85.0 Å². The third kappa shape index (κ3) is 1.66. The van der Waals surface area contributed by atoms with Gasteiger partial charge in [-0.15, -0.1) is 11.3 Å². The number of nitrogens with zero attached hydrogens (tertiary/aromatic N) is 1. The van der Waals surface area contributed by atoms with Gasteiger partial charge in [0.1, 0.15) is 5.82 Å². The molecule has 0 saturated carbocycles. The summed E-state index contributed by atoms with van der Waals surface area (Å²) >= 11 is 7.57. The van der Waals surface area contributed by atoms with Gasteiger partial charge in [-0.1, -0.05) is 11.6 Å². The first kappa shape index (κ1) is 8.53. The van der Waals surface area contributed by atoms with Crippen molar-refractivity contribution in [1.82, 2.24) is 4.98 Å². The van der Waals surface area contributed by atoms with E-state index < -0.39 is 0 Å². The van der Waals surface area contributed by atoms with E-state index in [0.29, 0.717) is 5.82 Å². The molecule has 0 aliphatic rings. The van der Waals surface area contributed by atoms with Crippen molar-refractivity contribution in [1.29, 1.82) is 0 Å². The highest BCUT2D eigenvalue weighted by molar-refractivity contribution is 7.14. The number of thiophene rings is 1. The lowest BCUT2D eigenvalue weighted by molar-refractivity contribution is 1.34. The molecule has 0 radical (unpaired) electrons. The third-order valence-corrected chi connectivity index (χ3v) is 3.05. The van der Waals surface area contributed by atoms with Crippen molar-refractivity contribution in [3.05, 3.63) is 34.8 Å². The maximum atomic E-state index is 5.98. The van der Waals surface area contributed by atoms with Crippen molar-refractivity contribution in [2.45, 2.75) is 0 Å². The maximum Gasteiger partial charge on any atom is 0.123 e. The van der Waals surface area contributed by atoms with Gasteiger partial charge in [-0.25, -0.2) is 4.98 Å². The van der Waals surface area contributed by atoms with Gasteiger partial charge in [-0.05, 0) is 29.1 Å². The zero-order valence-corrected chi connectivity index (χ0v) is 8.27. The molecule has 0 aliphatic carbocycles. The zero-order chi connectivity index (χ0) is 9.26. The SMILES string of the molecule is Nc1cc(-c2sccc2Cl)ccn1. The maximum absolute atomic E-state index is 5.98. The number of rotatable bonds is 1. The topological polar surface area (TPSA) is 38.9 Å². The normalized spacial score (nSPS) is 10.2. The molecule has 0 aliphatic heterocycles. The van der Waals surface area contributed by atoms with E-state index in [1.165, 1.54) is 0 Å². The number of anilines is 1. The average molecular weight is 211 g/mol. The van der Waals surface area contributed by atoms with Crippen LogP contribution in [0.2, 0.25) is 5.02 Å². The Morgan fingerprint density at radius 1 is 1.38 bits per heavy atom. The summed E-state index contributed by atoms with van der Waals surface area (Å²) in [5, 5.41) is 2.71. The lowest BCUT2D eigenvalue weighted by Gasteiger charge is -1.98. The van der Waals surface area contributed by atoms with Gasteiger partial charge in [0.15, 0.2) is 0 Å². The van der Waals surface area contributed by atoms with Crippen LogP contribution in [-0.4, -0.2) is 4.98 Å². The average Bonchev–Trinajstić information content (AvgIpc) is 2.51. The Balaban J connectivity index is 2.53. The first-order chi connectivity index (χ1) is 6.27. The van der Waals surface area contributed by atoms with Crippen molar-refractivity contribution >= 4 is 28.8 Å². The lowest BCUT2D eigenvalue weighted by atomic mass is 10.2. The van der Waals surface area contributed by atoms with Gasteiger partial charge in [0.2, 0.25) is 0 Å².